The molecule has 0 saturated carbocycles. The monoisotopic (exact) mass is 272 g/mol. The molecular weight excluding hydrogens is 252 g/mol. The molecule has 0 fully saturated rings. The lowest BCUT2D eigenvalue weighted by atomic mass is 10.0. The van der Waals surface area contributed by atoms with E-state index < -0.39 is 0 Å². The second-order valence-electron chi connectivity index (χ2n) is 4.95. The van der Waals surface area contributed by atoms with Crippen molar-refractivity contribution in [3.8, 4) is 22.6 Å². The summed E-state index contributed by atoms with van der Waals surface area (Å²) in [5.41, 5.74) is 8.44. The van der Waals surface area contributed by atoms with E-state index in [4.69, 9.17) is 10.5 Å². The number of hydrogen-bond acceptors (Lipinski definition) is 4. The van der Waals surface area contributed by atoms with Crippen LogP contribution in [0.4, 0.5) is 5.69 Å². The van der Waals surface area contributed by atoms with Gasteiger partial charge in [0, 0.05) is 6.54 Å². The molecule has 0 unspecified atom stereocenters. The lowest BCUT2D eigenvalue weighted by Crippen LogP contribution is -2.19. The number of likely N-dealkylation sites (N-methyl/N-ethyl adjacent to an activating group) is 1. The van der Waals surface area contributed by atoms with Crippen molar-refractivity contribution in [3.05, 3.63) is 42.5 Å². The van der Waals surface area contributed by atoms with Crippen LogP contribution in [0.3, 0.4) is 0 Å². The Kier molecular flexibility index (Phi) is 4.48. The molecule has 2 rings (SSSR count). The fraction of sp³-hybridized carbons (Fsp3) is 0.250. The summed E-state index contributed by atoms with van der Waals surface area (Å²) in [5.74, 6) is 0.919. The zero-order chi connectivity index (χ0) is 14.5. The van der Waals surface area contributed by atoms with Crippen LogP contribution >= 0.6 is 0 Å². The Morgan fingerprint density at radius 2 is 1.85 bits per heavy atom. The number of nitrogens with zero attached hydrogens (tertiary/aromatic N) is 1. The second-order valence-corrected chi connectivity index (χ2v) is 4.95. The minimum absolute atomic E-state index is 0.245. The maximum atomic E-state index is 9.54. The van der Waals surface area contributed by atoms with Gasteiger partial charge in [-0.1, -0.05) is 18.2 Å². The van der Waals surface area contributed by atoms with E-state index in [1.165, 1.54) is 0 Å². The van der Waals surface area contributed by atoms with E-state index in [0.29, 0.717) is 18.0 Å². The van der Waals surface area contributed by atoms with Crippen molar-refractivity contribution in [3.63, 3.8) is 0 Å². The molecule has 0 amide bonds. The van der Waals surface area contributed by atoms with Gasteiger partial charge in [-0.25, -0.2) is 0 Å². The van der Waals surface area contributed by atoms with Gasteiger partial charge in [0.2, 0.25) is 0 Å². The van der Waals surface area contributed by atoms with Crippen molar-refractivity contribution in [2.75, 3.05) is 33.0 Å². The molecule has 4 heteroatoms. The Morgan fingerprint density at radius 1 is 1.10 bits per heavy atom. The van der Waals surface area contributed by atoms with Gasteiger partial charge in [0.05, 0.1) is 5.69 Å². The van der Waals surface area contributed by atoms with Crippen LogP contribution in [-0.2, 0) is 0 Å². The first kappa shape index (κ1) is 14.2. The van der Waals surface area contributed by atoms with Gasteiger partial charge in [0.25, 0.3) is 0 Å². The maximum absolute atomic E-state index is 9.54. The molecule has 106 valence electrons. The van der Waals surface area contributed by atoms with Crippen LogP contribution in [0.2, 0.25) is 0 Å². The van der Waals surface area contributed by atoms with Gasteiger partial charge < -0.3 is 20.5 Å². The number of ether oxygens (including phenoxy) is 1. The van der Waals surface area contributed by atoms with Crippen LogP contribution in [0.1, 0.15) is 0 Å². The van der Waals surface area contributed by atoms with Crippen molar-refractivity contribution in [1.29, 1.82) is 0 Å². The van der Waals surface area contributed by atoms with E-state index >= 15 is 0 Å². The second kappa shape index (κ2) is 6.30. The summed E-state index contributed by atoms with van der Waals surface area (Å²) < 4.78 is 5.71. The average molecular weight is 272 g/mol. The lowest BCUT2D eigenvalue weighted by molar-refractivity contribution is 0.262. The third kappa shape index (κ3) is 3.65. The zero-order valence-electron chi connectivity index (χ0n) is 11.8. The lowest BCUT2D eigenvalue weighted by Gasteiger charge is -2.13. The predicted molar refractivity (Wildman–Crippen MR) is 82.0 cm³/mol. The van der Waals surface area contributed by atoms with E-state index in [2.05, 4.69) is 4.90 Å². The summed E-state index contributed by atoms with van der Waals surface area (Å²) in [5, 5.41) is 9.54. The summed E-state index contributed by atoms with van der Waals surface area (Å²) in [6, 6.07) is 12.8. The molecule has 0 aliphatic carbocycles. The number of nitrogen functional groups attached to an aromatic ring is 1. The van der Waals surface area contributed by atoms with Crippen molar-refractivity contribution < 1.29 is 9.84 Å². The summed E-state index contributed by atoms with van der Waals surface area (Å²) >= 11 is 0. The number of anilines is 1. The summed E-state index contributed by atoms with van der Waals surface area (Å²) in [6.07, 6.45) is 0. The zero-order valence-corrected chi connectivity index (χ0v) is 11.8. The summed E-state index contributed by atoms with van der Waals surface area (Å²) in [4.78, 5) is 2.05. The first-order valence-corrected chi connectivity index (χ1v) is 6.53. The van der Waals surface area contributed by atoms with Crippen molar-refractivity contribution in [2.45, 2.75) is 0 Å². The highest BCUT2D eigenvalue weighted by Gasteiger charge is 2.05. The molecule has 0 aromatic heterocycles. The molecule has 2 aromatic rings. The SMILES string of the molecule is CN(C)CCOc1cc(-c2cccc(O)c2)ccc1N. The third-order valence-corrected chi connectivity index (χ3v) is 2.99. The van der Waals surface area contributed by atoms with Crippen molar-refractivity contribution in [1.82, 2.24) is 4.90 Å². The van der Waals surface area contributed by atoms with E-state index in [9.17, 15) is 5.11 Å². The number of nitrogens with two attached hydrogens (primary N) is 1. The van der Waals surface area contributed by atoms with Gasteiger partial charge >= 0.3 is 0 Å². The molecule has 0 aliphatic rings. The van der Waals surface area contributed by atoms with E-state index in [1.807, 2.05) is 44.4 Å². The number of phenols is 1. The average Bonchev–Trinajstić information content (AvgIpc) is 2.40. The Balaban J connectivity index is 2.20. The third-order valence-electron chi connectivity index (χ3n) is 2.99. The minimum atomic E-state index is 0.245. The predicted octanol–water partition coefficient (Wildman–Crippen LogP) is 2.58. The molecule has 0 heterocycles. The first-order valence-electron chi connectivity index (χ1n) is 6.53. The highest BCUT2D eigenvalue weighted by Crippen LogP contribution is 2.30. The topological polar surface area (TPSA) is 58.7 Å². The summed E-state index contributed by atoms with van der Waals surface area (Å²) in [7, 11) is 3.99. The number of aromatic hydroxyl groups is 1. The normalized spacial score (nSPS) is 10.8. The molecule has 0 spiro atoms. The van der Waals surface area contributed by atoms with Crippen molar-refractivity contribution in [2.24, 2.45) is 0 Å². The van der Waals surface area contributed by atoms with Crippen molar-refractivity contribution >= 4 is 5.69 Å². The number of benzene rings is 2. The van der Waals surface area contributed by atoms with Crippen LogP contribution in [0.25, 0.3) is 11.1 Å². The largest absolute Gasteiger partial charge is 0.508 e. The Labute approximate surface area is 119 Å². The molecule has 0 atom stereocenters. The molecule has 0 radical (unpaired) electrons. The highest BCUT2D eigenvalue weighted by atomic mass is 16.5. The first-order chi connectivity index (χ1) is 9.56. The van der Waals surface area contributed by atoms with Crippen LogP contribution < -0.4 is 10.5 Å². The van der Waals surface area contributed by atoms with Gasteiger partial charge in [-0.3, -0.25) is 0 Å². The maximum Gasteiger partial charge on any atom is 0.142 e. The van der Waals surface area contributed by atoms with E-state index in [1.54, 1.807) is 12.1 Å². The standard InChI is InChI=1S/C16H20N2O2/c1-18(2)8-9-20-16-11-13(6-7-15(16)17)12-4-3-5-14(19)10-12/h3-7,10-11,19H,8-9,17H2,1-2H3. The smallest absolute Gasteiger partial charge is 0.142 e. The molecule has 3 N–H and O–H groups in total. The molecule has 4 nitrogen and oxygen atoms in total. The number of hydrogen-bond donors (Lipinski definition) is 2. The molecule has 0 aliphatic heterocycles. The van der Waals surface area contributed by atoms with Gasteiger partial charge in [-0.15, -0.1) is 0 Å². The van der Waals surface area contributed by atoms with E-state index in [0.717, 1.165) is 17.7 Å². The molecular formula is C16H20N2O2. The molecule has 20 heavy (non-hydrogen) atoms. The number of phenolic OH excluding ortho intramolecular Hbond substituents is 1. The Bertz CT molecular complexity index is 582. The van der Waals surface area contributed by atoms with Crippen LogP contribution in [0, 0.1) is 0 Å². The fourth-order valence-corrected chi connectivity index (χ4v) is 1.86. The highest BCUT2D eigenvalue weighted by molar-refractivity contribution is 5.70. The van der Waals surface area contributed by atoms with Gasteiger partial charge in [-0.05, 0) is 49.5 Å². The van der Waals surface area contributed by atoms with E-state index in [-0.39, 0.29) is 5.75 Å². The van der Waals surface area contributed by atoms with Gasteiger partial charge in [0.1, 0.15) is 18.1 Å². The fourth-order valence-electron chi connectivity index (χ4n) is 1.86. The summed E-state index contributed by atoms with van der Waals surface area (Å²) in [6.45, 7) is 1.41. The van der Waals surface area contributed by atoms with Crippen LogP contribution in [0.5, 0.6) is 11.5 Å². The van der Waals surface area contributed by atoms with Crippen LogP contribution in [0.15, 0.2) is 42.5 Å². The molecule has 0 saturated heterocycles. The minimum Gasteiger partial charge on any atom is -0.508 e. The molecule has 0 bridgehead atoms. The van der Waals surface area contributed by atoms with Gasteiger partial charge in [0.15, 0.2) is 0 Å². The Morgan fingerprint density at radius 3 is 2.55 bits per heavy atom. The number of rotatable bonds is 5. The Hall–Kier alpha value is -2.20. The quantitative estimate of drug-likeness (QED) is 0.821. The van der Waals surface area contributed by atoms with Gasteiger partial charge in [-0.2, -0.15) is 0 Å². The van der Waals surface area contributed by atoms with Crippen LogP contribution in [-0.4, -0.2) is 37.3 Å². The molecule has 2 aromatic carbocycles.